The first-order chi connectivity index (χ1) is 58.2. The minimum atomic E-state index is -1.32. The van der Waals surface area contributed by atoms with Crippen LogP contribution < -0.4 is 37.9 Å². The van der Waals surface area contributed by atoms with E-state index in [1.807, 2.05) is 146 Å². The first-order valence-corrected chi connectivity index (χ1v) is 39.7. The fourth-order valence-corrected chi connectivity index (χ4v) is 16.9. The summed E-state index contributed by atoms with van der Waals surface area (Å²) in [6.07, 6.45) is 1.03. The molecule has 1 spiro atoms. The maximum atomic E-state index is 11.8. The number of hydrogen-bond acceptors (Lipinski definition) is 16. The third-order valence-electron chi connectivity index (χ3n) is 23.3. The van der Waals surface area contributed by atoms with Crippen molar-refractivity contribution in [2.24, 2.45) is 0 Å². The van der Waals surface area contributed by atoms with Crippen LogP contribution in [0.25, 0.3) is 0 Å². The van der Waals surface area contributed by atoms with Gasteiger partial charge in [-0.25, -0.2) is 0 Å². The molecule has 16 heteroatoms. The molecule has 0 aliphatic heterocycles. The number of ether oxygens (including phenoxy) is 8. The Morgan fingerprint density at radius 3 is 0.612 bits per heavy atom. The normalized spacial score (nSPS) is 15.9. The standard InChI is InChI=1S/C105H84N4O12/c1-99(2)65-105(85-59-97(120-93-39-23-35-89(81(93)63-108)116-77-53-45-73(46-54-77)103(7,112)69-29-17-11-18-30-69)95(57-83(85)99)118-91-37-21-33-87(79(91)61-106)114-75-49-41-71(42-50-75)101(5,110)67-25-13-9-14-26-67)66-100(3,4)84-58-96(119-92-38-22-34-88(80(92)62-107)115-76-51-43-72(44-52-76)102(6,111)68-27-15-10-16-28-68)98(60-86(84)105)121-94-40-24-36-90(82(94)64-109)117-78-55-47-74(48-56-78)104(8,113)70-31-19-12-20-32-70/h9-60,110-113H,65-66H2,1-8H3. The van der Waals surface area contributed by atoms with Crippen LogP contribution in [0, 0.1) is 45.3 Å². The van der Waals surface area contributed by atoms with Gasteiger partial charge in [-0.2, -0.15) is 21.0 Å². The molecule has 0 fully saturated rings. The molecule has 4 atom stereocenters. The third-order valence-corrected chi connectivity index (χ3v) is 23.3. The van der Waals surface area contributed by atoms with Crippen molar-refractivity contribution in [3.05, 3.63) is 404 Å². The molecule has 0 bridgehead atoms. The zero-order chi connectivity index (χ0) is 84.6. The molecule has 4 unspecified atom stereocenters. The number of rotatable bonds is 24. The summed E-state index contributed by atoms with van der Waals surface area (Å²) < 4.78 is 54.6. The summed E-state index contributed by atoms with van der Waals surface area (Å²) in [6, 6.07) is 103. The van der Waals surface area contributed by atoms with Crippen molar-refractivity contribution in [1.82, 2.24) is 0 Å². The van der Waals surface area contributed by atoms with Gasteiger partial charge in [0.25, 0.3) is 0 Å². The van der Waals surface area contributed by atoms with Crippen molar-refractivity contribution in [3.63, 3.8) is 0 Å². The Morgan fingerprint density at radius 2 is 0.413 bits per heavy atom. The summed E-state index contributed by atoms with van der Waals surface area (Å²) in [4.78, 5) is 0. The fraction of sp³-hybridized carbons (Fsp3) is 0.162. The number of hydrogen-bond donors (Lipinski definition) is 4. The van der Waals surface area contributed by atoms with E-state index in [0.717, 1.165) is 22.3 Å². The lowest BCUT2D eigenvalue weighted by Gasteiger charge is -2.31. The van der Waals surface area contributed by atoms with E-state index < -0.39 is 38.6 Å². The number of aliphatic hydroxyl groups is 4. The minimum Gasteiger partial charge on any atom is -0.456 e. The third kappa shape index (κ3) is 15.5. The van der Waals surface area contributed by atoms with Gasteiger partial charge < -0.3 is 58.3 Å². The summed E-state index contributed by atoms with van der Waals surface area (Å²) in [5.41, 5.74) is 1.59. The number of fused-ring (bicyclic) bond motifs is 4. The summed E-state index contributed by atoms with van der Waals surface area (Å²) in [6.45, 7) is 15.6. The second kappa shape index (κ2) is 32.0. The molecule has 14 aromatic carbocycles. The van der Waals surface area contributed by atoms with Gasteiger partial charge in [0, 0.05) is 5.41 Å². The predicted molar refractivity (Wildman–Crippen MR) is 460 cm³/mol. The van der Waals surface area contributed by atoms with E-state index in [1.165, 1.54) is 0 Å². The van der Waals surface area contributed by atoms with Crippen LogP contribution in [0.5, 0.6) is 92.0 Å². The number of nitriles is 4. The molecule has 2 aliphatic rings. The minimum absolute atomic E-state index is 0.0488. The molecule has 596 valence electrons. The largest absolute Gasteiger partial charge is 0.456 e. The Kier molecular flexibility index (Phi) is 21.2. The van der Waals surface area contributed by atoms with Crippen LogP contribution in [-0.4, -0.2) is 20.4 Å². The monoisotopic (exact) mass is 1590 g/mol. The molecule has 0 saturated heterocycles. The molecular weight excluding hydrogens is 1510 g/mol. The highest BCUT2D eigenvalue weighted by Gasteiger charge is 2.57. The topological polar surface area (TPSA) is 250 Å². The first kappa shape index (κ1) is 80.1. The molecule has 4 N–H and O–H groups in total. The quantitative estimate of drug-likeness (QED) is 0.0439. The Bertz CT molecular complexity index is 6030. The van der Waals surface area contributed by atoms with Gasteiger partial charge in [-0.05, 0) is 239 Å². The maximum Gasteiger partial charge on any atom is 0.170 e. The summed E-state index contributed by atoms with van der Waals surface area (Å²) in [5, 5.41) is 91.9. The lowest BCUT2D eigenvalue weighted by atomic mass is 9.72. The molecular formula is C105H84N4O12. The van der Waals surface area contributed by atoms with E-state index in [-0.39, 0.29) is 91.2 Å². The lowest BCUT2D eigenvalue weighted by molar-refractivity contribution is 0.102. The fourth-order valence-electron chi connectivity index (χ4n) is 16.9. The zero-order valence-electron chi connectivity index (χ0n) is 67.8. The van der Waals surface area contributed by atoms with Gasteiger partial charge in [-0.1, -0.05) is 222 Å². The summed E-state index contributed by atoms with van der Waals surface area (Å²) in [7, 11) is 0. The Hall–Kier alpha value is -14.7. The molecule has 2 aliphatic carbocycles. The Morgan fingerprint density at radius 1 is 0.231 bits per heavy atom. The van der Waals surface area contributed by atoms with E-state index in [1.54, 1.807) is 198 Å². The molecule has 0 saturated carbocycles. The second-order valence-electron chi connectivity index (χ2n) is 32.5. The van der Waals surface area contributed by atoms with Crippen molar-refractivity contribution in [3.8, 4) is 116 Å². The van der Waals surface area contributed by atoms with Gasteiger partial charge in [-0.3, -0.25) is 0 Å². The van der Waals surface area contributed by atoms with Crippen molar-refractivity contribution in [2.75, 3.05) is 0 Å². The van der Waals surface area contributed by atoms with E-state index in [0.29, 0.717) is 80.3 Å². The van der Waals surface area contributed by atoms with E-state index >= 15 is 0 Å². The highest BCUT2D eigenvalue weighted by molar-refractivity contribution is 5.70. The summed E-state index contributed by atoms with van der Waals surface area (Å²) in [5.74, 6) is 3.51. The molecule has 14 aromatic rings. The number of benzene rings is 14. The molecule has 121 heavy (non-hydrogen) atoms. The first-order valence-electron chi connectivity index (χ1n) is 39.7. The molecule has 0 aromatic heterocycles. The van der Waals surface area contributed by atoms with Crippen molar-refractivity contribution < 1.29 is 58.3 Å². The smallest absolute Gasteiger partial charge is 0.170 e. The predicted octanol–water partition coefficient (Wildman–Crippen LogP) is 24.2. The van der Waals surface area contributed by atoms with Gasteiger partial charge in [0.1, 0.15) is 138 Å². The Balaban J connectivity index is 0.808. The average Bonchev–Trinajstić information content (AvgIpc) is 1.52. The molecule has 0 radical (unpaired) electrons. The highest BCUT2D eigenvalue weighted by Crippen LogP contribution is 2.66. The van der Waals surface area contributed by atoms with Gasteiger partial charge in [0.2, 0.25) is 0 Å². The van der Waals surface area contributed by atoms with Crippen LogP contribution in [0.2, 0.25) is 0 Å². The van der Waals surface area contributed by atoms with Crippen molar-refractivity contribution in [2.45, 2.75) is 107 Å². The molecule has 16 rings (SSSR count). The summed E-state index contributed by atoms with van der Waals surface area (Å²) >= 11 is 0. The van der Waals surface area contributed by atoms with Gasteiger partial charge in [-0.15, -0.1) is 0 Å². The van der Waals surface area contributed by atoms with Crippen LogP contribution in [0.4, 0.5) is 0 Å². The molecule has 16 nitrogen and oxygen atoms in total. The number of nitrogens with zero attached hydrogens (tertiary/aromatic N) is 4. The van der Waals surface area contributed by atoms with E-state index in [4.69, 9.17) is 37.9 Å². The van der Waals surface area contributed by atoms with Crippen molar-refractivity contribution >= 4 is 0 Å². The van der Waals surface area contributed by atoms with Gasteiger partial charge in [0.05, 0.1) is 0 Å². The van der Waals surface area contributed by atoms with Crippen LogP contribution in [-0.2, 0) is 38.6 Å². The average molecular weight is 1590 g/mol. The van der Waals surface area contributed by atoms with Gasteiger partial charge in [0.15, 0.2) is 23.0 Å². The van der Waals surface area contributed by atoms with Crippen LogP contribution in [0.15, 0.2) is 315 Å². The van der Waals surface area contributed by atoms with Crippen LogP contribution in [0.3, 0.4) is 0 Å². The van der Waals surface area contributed by atoms with E-state index in [9.17, 15) is 41.5 Å². The van der Waals surface area contributed by atoms with E-state index in [2.05, 4.69) is 52.0 Å². The lowest BCUT2D eigenvalue weighted by Crippen LogP contribution is -2.27. The van der Waals surface area contributed by atoms with Crippen molar-refractivity contribution in [1.29, 1.82) is 21.0 Å². The maximum absolute atomic E-state index is 11.8. The zero-order valence-corrected chi connectivity index (χ0v) is 67.8. The SMILES string of the molecule is CC1(C)CC2(CC(C)(C)c3cc(Oc4cccc(Oc5ccc(C(C)(O)c6ccccc6)cc5)c4C#N)c(Oc4cccc(Oc5ccc(C(C)(O)c6ccccc6)cc5)c4C#N)cc32)c2cc(Oc3cccc(Oc4ccc(C(C)(O)c5ccccc5)cc4)c3C#N)c(Oc3cccc(Oc4ccc(C(C)(O)c5ccccc5)cc4)c3C#N)cc21. The van der Waals surface area contributed by atoms with Crippen LogP contribution >= 0.6 is 0 Å². The second-order valence-corrected chi connectivity index (χ2v) is 32.5. The van der Waals surface area contributed by atoms with Gasteiger partial charge >= 0.3 is 0 Å². The van der Waals surface area contributed by atoms with Crippen LogP contribution in [0.1, 0.15) is 157 Å². The highest BCUT2D eigenvalue weighted by atomic mass is 16.5. The molecule has 0 heterocycles. The molecule has 0 amide bonds. The Labute approximate surface area is 702 Å².